The summed E-state index contributed by atoms with van der Waals surface area (Å²) in [5.41, 5.74) is 0.0562. The fourth-order valence-corrected chi connectivity index (χ4v) is 2.07. The van der Waals surface area contributed by atoms with Crippen molar-refractivity contribution in [3.05, 3.63) is 0 Å². The first-order valence-electron chi connectivity index (χ1n) is 5.83. The van der Waals surface area contributed by atoms with Gasteiger partial charge >= 0.3 is 0 Å². The average molecular weight is 200 g/mol. The molecule has 0 spiro atoms. The van der Waals surface area contributed by atoms with E-state index in [2.05, 4.69) is 27.8 Å². The normalized spacial score (nSPS) is 31.9. The van der Waals surface area contributed by atoms with Crippen LogP contribution in [0.1, 0.15) is 40.0 Å². The van der Waals surface area contributed by atoms with E-state index in [0.717, 1.165) is 6.04 Å². The van der Waals surface area contributed by atoms with Gasteiger partial charge in [-0.3, -0.25) is 0 Å². The van der Waals surface area contributed by atoms with Gasteiger partial charge in [0.15, 0.2) is 0 Å². The van der Waals surface area contributed by atoms with Crippen LogP contribution in [-0.2, 0) is 4.74 Å². The molecule has 1 heterocycles. The van der Waals surface area contributed by atoms with Gasteiger partial charge in [0.05, 0.1) is 19.2 Å². The Bertz CT molecular complexity index is 191. The Hall–Kier alpha value is -0.0800. The third-order valence-electron chi connectivity index (χ3n) is 3.77. The molecule has 84 valence electrons. The maximum Gasteiger partial charge on any atom is 0.139 e. The fraction of sp³-hybridized carbons (Fsp3) is 1.00. The molecule has 0 aliphatic carbocycles. The fourth-order valence-electron chi connectivity index (χ4n) is 2.07. The van der Waals surface area contributed by atoms with Gasteiger partial charge in [-0.05, 0) is 13.8 Å². The number of methoxy groups -OCH3 is 1. The quantitative estimate of drug-likeness (QED) is 0.473. The Morgan fingerprint density at radius 3 is 2.57 bits per heavy atom. The lowest BCUT2D eigenvalue weighted by molar-refractivity contribution is -0.793. The molecule has 2 heteroatoms. The van der Waals surface area contributed by atoms with E-state index < -0.39 is 0 Å². The lowest BCUT2D eigenvalue weighted by Crippen LogP contribution is -2.33. The predicted molar refractivity (Wildman–Crippen MR) is 60.3 cm³/mol. The molecule has 0 N–H and O–H groups in total. The minimum atomic E-state index is 0.0562. The van der Waals surface area contributed by atoms with E-state index in [1.165, 1.54) is 36.8 Å². The van der Waals surface area contributed by atoms with Crippen LogP contribution in [0.2, 0.25) is 0 Å². The van der Waals surface area contributed by atoms with Crippen LogP contribution < -0.4 is 0 Å². The van der Waals surface area contributed by atoms with Gasteiger partial charge in [0.2, 0.25) is 0 Å². The van der Waals surface area contributed by atoms with Crippen molar-refractivity contribution in [1.82, 2.24) is 0 Å². The van der Waals surface area contributed by atoms with Crippen molar-refractivity contribution >= 4 is 0 Å². The molecule has 0 aromatic rings. The van der Waals surface area contributed by atoms with E-state index in [1.807, 2.05) is 7.11 Å². The molecule has 1 rings (SSSR count). The third kappa shape index (κ3) is 2.96. The number of quaternary nitrogens is 1. The van der Waals surface area contributed by atoms with E-state index in [1.54, 1.807) is 0 Å². The Morgan fingerprint density at radius 2 is 2.07 bits per heavy atom. The van der Waals surface area contributed by atoms with Gasteiger partial charge in [0.25, 0.3) is 0 Å². The zero-order valence-electron chi connectivity index (χ0n) is 10.5. The zero-order valence-corrected chi connectivity index (χ0v) is 10.5. The summed E-state index contributed by atoms with van der Waals surface area (Å²) in [6.45, 7) is 9.29. The molecule has 0 radical (unpaired) electrons. The second-order valence-electron chi connectivity index (χ2n) is 5.54. The number of ether oxygens (including phenoxy) is 1. The van der Waals surface area contributed by atoms with Crippen LogP contribution >= 0.6 is 0 Å². The van der Waals surface area contributed by atoms with Crippen molar-refractivity contribution in [2.45, 2.75) is 51.7 Å². The number of hydrogen-bond donors (Lipinski definition) is 0. The Morgan fingerprint density at radius 1 is 1.43 bits per heavy atom. The lowest BCUT2D eigenvalue weighted by Gasteiger charge is -2.25. The SMILES string of the molecule is CCCC1C[N+]1(C)CCC(C)(C)OC. The number of hydrogen-bond acceptors (Lipinski definition) is 1. The average Bonchev–Trinajstić information content (AvgIpc) is 2.76. The molecule has 0 aromatic carbocycles. The predicted octanol–water partition coefficient (Wildman–Crippen LogP) is 2.43. The molecule has 14 heavy (non-hydrogen) atoms. The maximum atomic E-state index is 5.45. The van der Waals surface area contributed by atoms with Crippen LogP contribution in [0.4, 0.5) is 0 Å². The first-order valence-corrected chi connectivity index (χ1v) is 5.83. The first kappa shape index (κ1) is 12.0. The van der Waals surface area contributed by atoms with Gasteiger partial charge in [-0.15, -0.1) is 0 Å². The van der Waals surface area contributed by atoms with Gasteiger partial charge in [0, 0.05) is 20.0 Å². The van der Waals surface area contributed by atoms with Crippen molar-refractivity contribution in [3.63, 3.8) is 0 Å². The molecule has 2 unspecified atom stereocenters. The summed E-state index contributed by atoms with van der Waals surface area (Å²) in [5, 5.41) is 0. The van der Waals surface area contributed by atoms with E-state index in [0.29, 0.717) is 0 Å². The molecular formula is C12H26NO+. The molecule has 0 amide bonds. The minimum Gasteiger partial charge on any atom is -0.379 e. The molecular weight excluding hydrogens is 174 g/mol. The molecule has 1 saturated heterocycles. The summed E-state index contributed by atoms with van der Waals surface area (Å²) in [4.78, 5) is 0. The van der Waals surface area contributed by atoms with Crippen molar-refractivity contribution in [3.8, 4) is 0 Å². The van der Waals surface area contributed by atoms with Crippen molar-refractivity contribution in [2.24, 2.45) is 0 Å². The van der Waals surface area contributed by atoms with E-state index in [4.69, 9.17) is 4.74 Å². The molecule has 0 aromatic heterocycles. The number of nitrogens with zero attached hydrogens (tertiary/aromatic N) is 1. The van der Waals surface area contributed by atoms with Crippen LogP contribution in [0, 0.1) is 0 Å². The topological polar surface area (TPSA) is 9.23 Å². The monoisotopic (exact) mass is 200 g/mol. The Balaban J connectivity index is 2.26. The maximum absolute atomic E-state index is 5.45. The Kier molecular flexibility index (Phi) is 3.59. The van der Waals surface area contributed by atoms with Crippen LogP contribution in [0.15, 0.2) is 0 Å². The second-order valence-corrected chi connectivity index (χ2v) is 5.54. The molecule has 0 bridgehead atoms. The summed E-state index contributed by atoms with van der Waals surface area (Å²) in [6.07, 6.45) is 3.89. The zero-order chi connectivity index (χ0) is 10.8. The van der Waals surface area contributed by atoms with Crippen LogP contribution in [0.5, 0.6) is 0 Å². The smallest absolute Gasteiger partial charge is 0.139 e. The van der Waals surface area contributed by atoms with Gasteiger partial charge in [-0.2, -0.15) is 0 Å². The summed E-state index contributed by atoms with van der Waals surface area (Å²) >= 11 is 0. The van der Waals surface area contributed by atoms with Gasteiger partial charge in [0.1, 0.15) is 12.6 Å². The number of likely N-dealkylation sites (N-methyl/N-ethyl adjacent to an activating group) is 1. The first-order chi connectivity index (χ1) is 6.43. The van der Waals surface area contributed by atoms with Crippen LogP contribution in [-0.4, -0.2) is 43.4 Å². The molecule has 1 fully saturated rings. The summed E-state index contributed by atoms with van der Waals surface area (Å²) in [6, 6.07) is 0.938. The summed E-state index contributed by atoms with van der Waals surface area (Å²) < 4.78 is 6.72. The summed E-state index contributed by atoms with van der Waals surface area (Å²) in [5.74, 6) is 0. The van der Waals surface area contributed by atoms with Crippen molar-refractivity contribution in [2.75, 3.05) is 27.2 Å². The largest absolute Gasteiger partial charge is 0.379 e. The molecule has 1 aliphatic heterocycles. The molecule has 0 saturated carbocycles. The van der Waals surface area contributed by atoms with E-state index in [9.17, 15) is 0 Å². The van der Waals surface area contributed by atoms with Gasteiger partial charge in [-0.1, -0.05) is 13.3 Å². The van der Waals surface area contributed by atoms with E-state index >= 15 is 0 Å². The second kappa shape index (κ2) is 4.19. The van der Waals surface area contributed by atoms with Crippen molar-refractivity contribution in [1.29, 1.82) is 0 Å². The Labute approximate surface area is 88.8 Å². The minimum absolute atomic E-state index is 0.0562. The van der Waals surface area contributed by atoms with Gasteiger partial charge < -0.3 is 9.22 Å². The highest BCUT2D eigenvalue weighted by molar-refractivity contribution is 4.75. The van der Waals surface area contributed by atoms with E-state index in [-0.39, 0.29) is 5.60 Å². The van der Waals surface area contributed by atoms with Crippen LogP contribution in [0.25, 0.3) is 0 Å². The molecule has 1 aliphatic rings. The molecule has 2 nitrogen and oxygen atoms in total. The van der Waals surface area contributed by atoms with Gasteiger partial charge in [-0.25, -0.2) is 0 Å². The number of rotatable bonds is 6. The summed E-state index contributed by atoms with van der Waals surface area (Å²) in [7, 11) is 4.19. The highest BCUT2D eigenvalue weighted by Crippen LogP contribution is 2.33. The lowest BCUT2D eigenvalue weighted by atomic mass is 10.1. The standard InChI is InChI=1S/C12H26NO/c1-6-7-11-10-13(11,4)9-8-12(2,3)14-5/h11H,6-10H2,1-5H3/q+1. The third-order valence-corrected chi connectivity index (χ3v) is 3.77. The van der Waals surface area contributed by atoms with Crippen molar-refractivity contribution < 1.29 is 9.22 Å². The molecule has 2 atom stereocenters. The van der Waals surface area contributed by atoms with Crippen LogP contribution in [0.3, 0.4) is 0 Å². The highest BCUT2D eigenvalue weighted by atomic mass is 16.5. The highest BCUT2D eigenvalue weighted by Gasteiger charge is 2.50.